The highest BCUT2D eigenvalue weighted by atomic mass is 16.3. The summed E-state index contributed by atoms with van der Waals surface area (Å²) in [4.78, 5) is 0. The Morgan fingerprint density at radius 2 is 2.31 bits per heavy atom. The van der Waals surface area contributed by atoms with Crippen LogP contribution in [0.4, 0.5) is 5.95 Å². The molecular formula is C11H16N4O. The molecule has 0 aliphatic rings. The number of furan rings is 1. The summed E-state index contributed by atoms with van der Waals surface area (Å²) in [6.07, 6.45) is 5.35. The molecule has 5 nitrogen and oxygen atoms in total. The second kappa shape index (κ2) is 4.38. The van der Waals surface area contributed by atoms with E-state index in [0.717, 1.165) is 18.7 Å². The van der Waals surface area contributed by atoms with E-state index in [-0.39, 0.29) is 0 Å². The van der Waals surface area contributed by atoms with Gasteiger partial charge in [0.05, 0.1) is 12.5 Å². The van der Waals surface area contributed by atoms with Crippen LogP contribution in [-0.4, -0.2) is 14.8 Å². The Bertz CT molecular complexity index is 447. The fourth-order valence-corrected chi connectivity index (χ4v) is 1.82. The van der Waals surface area contributed by atoms with Gasteiger partial charge in [0.25, 0.3) is 0 Å². The molecule has 0 aliphatic carbocycles. The van der Waals surface area contributed by atoms with Gasteiger partial charge < -0.3 is 14.7 Å². The number of anilines is 1. The van der Waals surface area contributed by atoms with Crippen LogP contribution in [0, 0.1) is 0 Å². The maximum Gasteiger partial charge on any atom is 0.221 e. The van der Waals surface area contributed by atoms with E-state index < -0.39 is 0 Å². The molecule has 0 spiro atoms. The number of hydrogen-bond acceptors (Lipinski definition) is 4. The minimum absolute atomic E-state index is 0.326. The first-order valence-electron chi connectivity index (χ1n) is 5.38. The highest BCUT2D eigenvalue weighted by Crippen LogP contribution is 2.23. The highest BCUT2D eigenvalue weighted by molar-refractivity contribution is 5.20. The lowest BCUT2D eigenvalue weighted by Gasteiger charge is -2.12. The van der Waals surface area contributed by atoms with Gasteiger partial charge in [-0.05, 0) is 24.5 Å². The summed E-state index contributed by atoms with van der Waals surface area (Å²) in [6, 6.07) is 1.97. The largest absolute Gasteiger partial charge is 0.472 e. The number of nitrogens with zero attached hydrogens (tertiary/aromatic N) is 3. The zero-order valence-electron chi connectivity index (χ0n) is 9.55. The van der Waals surface area contributed by atoms with Crippen molar-refractivity contribution in [3.8, 4) is 0 Å². The first-order chi connectivity index (χ1) is 7.72. The zero-order chi connectivity index (χ0) is 11.5. The molecule has 5 heteroatoms. The molecule has 1 unspecified atom stereocenters. The van der Waals surface area contributed by atoms with E-state index >= 15 is 0 Å². The summed E-state index contributed by atoms with van der Waals surface area (Å²) >= 11 is 0. The smallest absolute Gasteiger partial charge is 0.221 e. The molecule has 0 amide bonds. The summed E-state index contributed by atoms with van der Waals surface area (Å²) in [6.45, 7) is 2.13. The molecule has 0 aromatic carbocycles. The third-order valence-electron chi connectivity index (χ3n) is 2.86. The SMILES string of the molecule is CCC(Cc1ccoc1)c1nnc(N)n1C. The Labute approximate surface area is 94.3 Å². The Morgan fingerprint density at radius 1 is 1.50 bits per heavy atom. The van der Waals surface area contributed by atoms with E-state index in [1.165, 1.54) is 5.56 Å². The Kier molecular flexibility index (Phi) is 2.94. The Morgan fingerprint density at radius 3 is 2.81 bits per heavy atom. The van der Waals surface area contributed by atoms with Gasteiger partial charge in [0.15, 0.2) is 0 Å². The van der Waals surface area contributed by atoms with Crippen LogP contribution >= 0.6 is 0 Å². The molecule has 2 aromatic rings. The summed E-state index contributed by atoms with van der Waals surface area (Å²) in [5.74, 6) is 1.72. The van der Waals surface area contributed by atoms with E-state index in [0.29, 0.717) is 11.9 Å². The van der Waals surface area contributed by atoms with Gasteiger partial charge in [-0.2, -0.15) is 0 Å². The molecule has 0 bridgehead atoms. The van der Waals surface area contributed by atoms with Crippen molar-refractivity contribution in [2.45, 2.75) is 25.7 Å². The number of aromatic nitrogens is 3. The molecule has 0 saturated heterocycles. The van der Waals surface area contributed by atoms with Gasteiger partial charge in [-0.1, -0.05) is 6.92 Å². The van der Waals surface area contributed by atoms with Gasteiger partial charge in [0.1, 0.15) is 5.82 Å². The molecule has 2 rings (SSSR count). The van der Waals surface area contributed by atoms with E-state index in [2.05, 4.69) is 17.1 Å². The number of nitrogens with two attached hydrogens (primary N) is 1. The Hall–Kier alpha value is -1.78. The molecule has 86 valence electrons. The molecule has 16 heavy (non-hydrogen) atoms. The third-order valence-corrected chi connectivity index (χ3v) is 2.86. The topological polar surface area (TPSA) is 69.9 Å². The molecule has 0 saturated carbocycles. The van der Waals surface area contributed by atoms with Crippen molar-refractivity contribution in [2.24, 2.45) is 7.05 Å². The van der Waals surface area contributed by atoms with Crippen LogP contribution in [0.3, 0.4) is 0 Å². The molecule has 0 aliphatic heterocycles. The van der Waals surface area contributed by atoms with Gasteiger partial charge >= 0.3 is 0 Å². The molecule has 0 fully saturated rings. The normalized spacial score (nSPS) is 12.9. The maximum atomic E-state index is 5.68. The van der Waals surface area contributed by atoms with E-state index in [1.807, 2.05) is 17.7 Å². The average Bonchev–Trinajstić information content (AvgIpc) is 2.88. The first kappa shape index (κ1) is 10.7. The van der Waals surface area contributed by atoms with Crippen molar-refractivity contribution >= 4 is 5.95 Å². The van der Waals surface area contributed by atoms with Crippen LogP contribution < -0.4 is 5.73 Å². The zero-order valence-corrected chi connectivity index (χ0v) is 9.55. The quantitative estimate of drug-likeness (QED) is 0.851. The van der Waals surface area contributed by atoms with E-state index in [1.54, 1.807) is 12.5 Å². The lowest BCUT2D eigenvalue weighted by Crippen LogP contribution is -2.09. The minimum Gasteiger partial charge on any atom is -0.472 e. The number of hydrogen-bond donors (Lipinski definition) is 1. The van der Waals surface area contributed by atoms with Gasteiger partial charge in [-0.3, -0.25) is 0 Å². The van der Waals surface area contributed by atoms with Crippen LogP contribution in [0.2, 0.25) is 0 Å². The van der Waals surface area contributed by atoms with Crippen LogP contribution in [0.15, 0.2) is 23.0 Å². The molecule has 2 aromatic heterocycles. The van der Waals surface area contributed by atoms with Crippen molar-refractivity contribution in [2.75, 3.05) is 5.73 Å². The number of nitrogen functional groups attached to an aromatic ring is 1. The summed E-state index contributed by atoms with van der Waals surface area (Å²) < 4.78 is 6.91. The monoisotopic (exact) mass is 220 g/mol. The Balaban J connectivity index is 2.20. The van der Waals surface area contributed by atoms with E-state index in [4.69, 9.17) is 10.2 Å². The van der Waals surface area contributed by atoms with Crippen LogP contribution in [-0.2, 0) is 13.5 Å². The van der Waals surface area contributed by atoms with Gasteiger partial charge in [0, 0.05) is 13.0 Å². The predicted octanol–water partition coefficient (Wildman–Crippen LogP) is 1.73. The molecular weight excluding hydrogens is 204 g/mol. The molecule has 2 N–H and O–H groups in total. The number of rotatable bonds is 4. The van der Waals surface area contributed by atoms with E-state index in [9.17, 15) is 0 Å². The minimum atomic E-state index is 0.326. The van der Waals surface area contributed by atoms with Crippen molar-refractivity contribution in [3.05, 3.63) is 30.0 Å². The molecule has 1 atom stereocenters. The fraction of sp³-hybridized carbons (Fsp3) is 0.455. The average molecular weight is 220 g/mol. The van der Waals surface area contributed by atoms with Crippen molar-refractivity contribution in [3.63, 3.8) is 0 Å². The third kappa shape index (κ3) is 1.93. The standard InChI is InChI=1S/C11H16N4O/c1-3-9(6-8-4-5-16-7-8)10-13-14-11(12)15(10)2/h4-5,7,9H,3,6H2,1-2H3,(H2,12,14). The first-order valence-corrected chi connectivity index (χ1v) is 5.38. The second-order valence-corrected chi connectivity index (χ2v) is 3.92. The van der Waals surface area contributed by atoms with Crippen LogP contribution in [0.25, 0.3) is 0 Å². The lowest BCUT2D eigenvalue weighted by atomic mass is 9.98. The summed E-state index contributed by atoms with van der Waals surface area (Å²) in [5, 5.41) is 8.01. The molecule has 2 heterocycles. The predicted molar refractivity (Wildman–Crippen MR) is 60.9 cm³/mol. The summed E-state index contributed by atoms with van der Waals surface area (Å²) in [7, 11) is 1.89. The van der Waals surface area contributed by atoms with Crippen molar-refractivity contribution < 1.29 is 4.42 Å². The van der Waals surface area contributed by atoms with Crippen molar-refractivity contribution in [1.82, 2.24) is 14.8 Å². The highest BCUT2D eigenvalue weighted by Gasteiger charge is 2.17. The van der Waals surface area contributed by atoms with Crippen LogP contribution in [0.5, 0.6) is 0 Å². The summed E-state index contributed by atoms with van der Waals surface area (Å²) in [5.41, 5.74) is 6.85. The second-order valence-electron chi connectivity index (χ2n) is 3.92. The van der Waals surface area contributed by atoms with Gasteiger partial charge in [0.2, 0.25) is 5.95 Å². The van der Waals surface area contributed by atoms with Gasteiger partial charge in [-0.15, -0.1) is 10.2 Å². The lowest BCUT2D eigenvalue weighted by molar-refractivity contribution is 0.552. The molecule has 0 radical (unpaired) electrons. The van der Waals surface area contributed by atoms with Gasteiger partial charge in [-0.25, -0.2) is 0 Å². The van der Waals surface area contributed by atoms with Crippen molar-refractivity contribution in [1.29, 1.82) is 0 Å². The van der Waals surface area contributed by atoms with Crippen LogP contribution in [0.1, 0.15) is 30.7 Å². The fourth-order valence-electron chi connectivity index (χ4n) is 1.82. The maximum absolute atomic E-state index is 5.68.